The highest BCUT2D eigenvalue weighted by atomic mass is 32.1. The number of nitrogens with zero attached hydrogens (tertiary/aromatic N) is 4. The topological polar surface area (TPSA) is 88.3 Å². The largest absolute Gasteiger partial charge is 0.477 e. The first kappa shape index (κ1) is 24.9. The van der Waals surface area contributed by atoms with E-state index in [2.05, 4.69) is 23.6 Å². The average molecular weight is 493 g/mol. The average Bonchev–Trinajstić information content (AvgIpc) is 3.46. The van der Waals surface area contributed by atoms with Crippen LogP contribution in [0.2, 0.25) is 0 Å². The number of benzene rings is 1. The van der Waals surface area contributed by atoms with Gasteiger partial charge in [0, 0.05) is 29.1 Å². The van der Waals surface area contributed by atoms with E-state index in [9.17, 15) is 14.7 Å². The number of thiazole rings is 1. The van der Waals surface area contributed by atoms with E-state index in [1.807, 2.05) is 50.4 Å². The Labute approximate surface area is 210 Å². The van der Waals surface area contributed by atoms with Crippen molar-refractivity contribution in [1.82, 2.24) is 14.8 Å². The van der Waals surface area contributed by atoms with Crippen LogP contribution < -0.4 is 4.90 Å². The van der Waals surface area contributed by atoms with Gasteiger partial charge in [0.15, 0.2) is 5.82 Å². The maximum absolute atomic E-state index is 13.5. The Morgan fingerprint density at radius 3 is 2.37 bits per heavy atom. The molecule has 0 aliphatic heterocycles. The lowest BCUT2D eigenvalue weighted by Gasteiger charge is -2.32. The van der Waals surface area contributed by atoms with Crippen molar-refractivity contribution in [3.05, 3.63) is 64.2 Å². The van der Waals surface area contributed by atoms with Gasteiger partial charge in [-0.15, -0.1) is 16.4 Å². The van der Waals surface area contributed by atoms with Crippen LogP contribution in [0.1, 0.15) is 73.1 Å². The lowest BCUT2D eigenvalue weighted by atomic mass is 9.82. The molecule has 2 aromatic heterocycles. The predicted molar refractivity (Wildman–Crippen MR) is 139 cm³/mol. The van der Waals surface area contributed by atoms with Gasteiger partial charge in [0.2, 0.25) is 5.91 Å². The number of hydrogen-bond donors (Lipinski definition) is 1. The fraction of sp³-hybridized carbons (Fsp3) is 0.407. The summed E-state index contributed by atoms with van der Waals surface area (Å²) in [6.07, 6.45) is 5.17. The Bertz CT molecular complexity index is 1230. The van der Waals surface area contributed by atoms with Crippen LogP contribution in [0.4, 0.5) is 5.82 Å². The number of anilines is 1. The summed E-state index contributed by atoms with van der Waals surface area (Å²) in [5, 5.41) is 17.5. The van der Waals surface area contributed by atoms with Gasteiger partial charge in [-0.2, -0.15) is 0 Å². The molecule has 0 radical (unpaired) electrons. The minimum absolute atomic E-state index is 0.0164. The van der Waals surface area contributed by atoms with E-state index in [1.165, 1.54) is 10.9 Å². The summed E-state index contributed by atoms with van der Waals surface area (Å²) in [6.45, 7) is 12.1. The molecule has 1 N–H and O–H groups in total. The molecule has 1 amide bonds. The minimum Gasteiger partial charge on any atom is -0.477 e. The highest BCUT2D eigenvalue weighted by Gasteiger charge is 2.34. The van der Waals surface area contributed by atoms with E-state index < -0.39 is 5.97 Å². The first-order chi connectivity index (χ1) is 16.7. The Morgan fingerprint density at radius 1 is 1.17 bits per heavy atom. The van der Waals surface area contributed by atoms with Crippen molar-refractivity contribution in [2.24, 2.45) is 11.8 Å². The molecular weight excluding hydrogens is 460 g/mol. The Balaban J connectivity index is 1.64. The fourth-order valence-electron chi connectivity index (χ4n) is 4.60. The number of aryl methyl sites for hydroxylation is 1. The molecule has 0 saturated heterocycles. The molecule has 184 valence electrons. The predicted octanol–water partition coefficient (Wildman–Crippen LogP) is 5.96. The lowest BCUT2D eigenvalue weighted by Crippen LogP contribution is -2.43. The van der Waals surface area contributed by atoms with Crippen LogP contribution in [-0.4, -0.2) is 37.8 Å². The lowest BCUT2D eigenvalue weighted by molar-refractivity contribution is -0.123. The van der Waals surface area contributed by atoms with Gasteiger partial charge in [0.1, 0.15) is 5.56 Å². The Hall–Kier alpha value is -3.26. The fourth-order valence-corrected chi connectivity index (χ4v) is 5.23. The van der Waals surface area contributed by atoms with Gasteiger partial charge < -0.3 is 5.11 Å². The summed E-state index contributed by atoms with van der Waals surface area (Å²) in [7, 11) is 0. The van der Waals surface area contributed by atoms with E-state index in [1.54, 1.807) is 16.2 Å². The van der Waals surface area contributed by atoms with E-state index in [-0.39, 0.29) is 29.2 Å². The third kappa shape index (κ3) is 5.22. The first-order valence-electron chi connectivity index (χ1n) is 12.0. The SMILES string of the molecule is C=C(c1ccc(-n2cc(C(=O)O)c(N(C(=O)C3CCC(C)CC3)C(C)C)n2)cc1)c1csc(C)n1. The number of carbonyl (C=O) groups is 2. The summed E-state index contributed by atoms with van der Waals surface area (Å²) >= 11 is 1.58. The molecule has 7 nitrogen and oxygen atoms in total. The van der Waals surface area contributed by atoms with Crippen molar-refractivity contribution in [3.8, 4) is 5.69 Å². The summed E-state index contributed by atoms with van der Waals surface area (Å²) < 4.78 is 1.53. The summed E-state index contributed by atoms with van der Waals surface area (Å²) in [4.78, 5) is 31.7. The van der Waals surface area contributed by atoms with Gasteiger partial charge in [-0.05, 0) is 70.1 Å². The van der Waals surface area contributed by atoms with Gasteiger partial charge in [0.05, 0.1) is 16.4 Å². The number of carbonyl (C=O) groups excluding carboxylic acids is 1. The molecule has 1 saturated carbocycles. The van der Waals surface area contributed by atoms with Crippen LogP contribution in [-0.2, 0) is 4.79 Å². The third-order valence-electron chi connectivity index (χ3n) is 6.68. The standard InChI is InChI=1S/C27H32N4O3S/c1-16(2)31(26(32)21-8-6-17(3)7-9-21)25-23(27(33)34)14-30(29-25)22-12-10-20(11-13-22)18(4)24-15-35-19(5)28-24/h10-17,21H,4,6-9H2,1-3,5H3,(H,33,34). The zero-order valence-electron chi connectivity index (χ0n) is 20.7. The highest BCUT2D eigenvalue weighted by molar-refractivity contribution is 7.09. The molecule has 1 aliphatic rings. The van der Waals surface area contributed by atoms with Gasteiger partial charge in [-0.3, -0.25) is 9.69 Å². The second-order valence-electron chi connectivity index (χ2n) is 9.65. The maximum atomic E-state index is 13.5. The molecule has 0 unspecified atom stereocenters. The van der Waals surface area contributed by atoms with Crippen molar-refractivity contribution >= 4 is 34.6 Å². The Kier molecular flexibility index (Phi) is 7.21. The second-order valence-corrected chi connectivity index (χ2v) is 10.7. The number of rotatable bonds is 7. The van der Waals surface area contributed by atoms with E-state index in [0.29, 0.717) is 11.6 Å². The number of carboxylic acids is 1. The minimum atomic E-state index is -1.11. The van der Waals surface area contributed by atoms with Crippen molar-refractivity contribution in [3.63, 3.8) is 0 Å². The van der Waals surface area contributed by atoms with Gasteiger partial charge in [0.25, 0.3) is 0 Å². The molecule has 2 heterocycles. The molecule has 0 atom stereocenters. The number of amides is 1. The zero-order valence-corrected chi connectivity index (χ0v) is 21.5. The molecule has 35 heavy (non-hydrogen) atoms. The van der Waals surface area contributed by atoms with Crippen molar-refractivity contribution in [2.45, 2.75) is 59.4 Å². The summed E-state index contributed by atoms with van der Waals surface area (Å²) in [6, 6.07) is 7.36. The smallest absolute Gasteiger partial charge is 0.341 e. The number of carboxylic acid groups (broad SMARTS) is 1. The number of aromatic nitrogens is 3. The number of hydrogen-bond acceptors (Lipinski definition) is 5. The zero-order chi connectivity index (χ0) is 25.3. The van der Waals surface area contributed by atoms with Crippen molar-refractivity contribution in [2.75, 3.05) is 4.90 Å². The molecule has 1 aromatic carbocycles. The normalized spacial score (nSPS) is 18.0. The van der Waals surface area contributed by atoms with Crippen LogP contribution in [0.15, 0.2) is 42.4 Å². The monoisotopic (exact) mass is 492 g/mol. The third-order valence-corrected chi connectivity index (χ3v) is 7.45. The molecule has 8 heteroatoms. The van der Waals surface area contributed by atoms with Crippen LogP contribution in [0.25, 0.3) is 11.3 Å². The molecule has 4 rings (SSSR count). The molecule has 1 aliphatic carbocycles. The van der Waals surface area contributed by atoms with Crippen molar-refractivity contribution < 1.29 is 14.7 Å². The summed E-state index contributed by atoms with van der Waals surface area (Å²) in [5.41, 5.74) is 3.31. The Morgan fingerprint density at radius 2 is 1.83 bits per heavy atom. The van der Waals surface area contributed by atoms with Gasteiger partial charge >= 0.3 is 5.97 Å². The second kappa shape index (κ2) is 10.2. The van der Waals surface area contributed by atoms with Crippen LogP contribution in [0.5, 0.6) is 0 Å². The van der Waals surface area contributed by atoms with Crippen LogP contribution in [0.3, 0.4) is 0 Å². The van der Waals surface area contributed by atoms with Gasteiger partial charge in [-0.1, -0.05) is 25.6 Å². The first-order valence-corrected chi connectivity index (χ1v) is 12.9. The van der Waals surface area contributed by atoms with E-state index >= 15 is 0 Å². The molecule has 0 spiro atoms. The van der Waals surface area contributed by atoms with Crippen molar-refractivity contribution in [1.29, 1.82) is 0 Å². The molecular formula is C27H32N4O3S. The maximum Gasteiger partial charge on any atom is 0.341 e. The van der Waals surface area contributed by atoms with E-state index in [0.717, 1.165) is 47.5 Å². The van der Waals surface area contributed by atoms with Gasteiger partial charge in [-0.25, -0.2) is 14.5 Å². The molecule has 0 bridgehead atoms. The van der Waals surface area contributed by atoms with E-state index in [4.69, 9.17) is 0 Å². The molecule has 3 aromatic rings. The highest BCUT2D eigenvalue weighted by Crippen LogP contribution is 2.33. The quantitative estimate of drug-likeness (QED) is 0.439. The van der Waals surface area contributed by atoms with Crippen LogP contribution >= 0.6 is 11.3 Å². The molecule has 1 fully saturated rings. The van der Waals surface area contributed by atoms with Crippen LogP contribution in [0, 0.1) is 18.8 Å². The number of aromatic carboxylic acids is 1. The summed E-state index contributed by atoms with van der Waals surface area (Å²) in [5.74, 6) is -0.419.